The second kappa shape index (κ2) is 34.2. The molecule has 2 atom stereocenters. The summed E-state index contributed by atoms with van der Waals surface area (Å²) in [5.74, 6) is -0.101. The van der Waals surface area contributed by atoms with Gasteiger partial charge in [0.2, 0.25) is 10.4 Å². The van der Waals surface area contributed by atoms with E-state index in [1.54, 1.807) is 7.05 Å². The molecule has 0 spiro atoms. The third kappa shape index (κ3) is 28.4. The van der Waals surface area contributed by atoms with Crippen LogP contribution in [0.4, 0.5) is 0 Å². The molecular weight excluding hydrogens is 639 g/mol. The van der Waals surface area contributed by atoms with Crippen LogP contribution in [0.2, 0.25) is 0 Å². The Balaban J connectivity index is 0. The first-order valence-electron chi connectivity index (χ1n) is 20.5. The number of quaternary nitrogens is 1. The Morgan fingerprint density at radius 1 is 0.571 bits per heavy atom. The number of nitrogens with zero attached hydrogens (tertiary/aromatic N) is 1. The highest BCUT2D eigenvalue weighted by Crippen LogP contribution is 2.27. The van der Waals surface area contributed by atoms with Crippen LogP contribution in [-0.4, -0.2) is 61.7 Å². The van der Waals surface area contributed by atoms with Crippen molar-refractivity contribution in [1.82, 2.24) is 0 Å². The zero-order valence-electron chi connectivity index (χ0n) is 33.1. The molecule has 0 aromatic heterocycles. The van der Waals surface area contributed by atoms with Crippen LogP contribution in [0.25, 0.3) is 0 Å². The summed E-state index contributed by atoms with van der Waals surface area (Å²) in [7, 11) is -1.82. The van der Waals surface area contributed by atoms with Gasteiger partial charge in [-0.05, 0) is 25.7 Å². The van der Waals surface area contributed by atoms with Crippen LogP contribution in [0.5, 0.6) is 0 Å². The van der Waals surface area contributed by atoms with Crippen molar-refractivity contribution in [3.8, 4) is 0 Å². The standard InChI is InChI=1S/C39H78NO3.CH4O4S/c1-6-10-12-14-16-18-20-22-24-26-28-30-32-36(8-3)38(42)40(5,34-35-41)39(43)37(9-4)33-31-29-27-25-23-21-19-17-15-13-11-7-2;1-5-6(2,3)4/h36-37,41H,6-35H2,1-5H3;1H3,(H,2,3,4)/q+1;/p-1. The van der Waals surface area contributed by atoms with E-state index in [4.69, 9.17) is 0 Å². The maximum Gasteiger partial charge on any atom is 0.324 e. The third-order valence-electron chi connectivity index (χ3n) is 10.2. The molecule has 9 heteroatoms. The normalized spacial score (nSPS) is 14.1. The fourth-order valence-corrected chi connectivity index (χ4v) is 6.80. The minimum Gasteiger partial charge on any atom is -0.726 e. The van der Waals surface area contributed by atoms with Gasteiger partial charge in [0, 0.05) is 0 Å². The third-order valence-corrected chi connectivity index (χ3v) is 10.6. The molecule has 0 bridgehead atoms. The molecule has 2 amide bonds. The van der Waals surface area contributed by atoms with Gasteiger partial charge in [-0.2, -0.15) is 4.48 Å². The topological polar surface area (TPSA) is 121 Å². The quantitative estimate of drug-likeness (QED) is 0.0310. The average Bonchev–Trinajstić information content (AvgIpc) is 3.08. The molecule has 8 nitrogen and oxygen atoms in total. The largest absolute Gasteiger partial charge is 0.726 e. The Labute approximate surface area is 304 Å². The van der Waals surface area contributed by atoms with E-state index in [0.717, 1.165) is 45.6 Å². The van der Waals surface area contributed by atoms with Crippen LogP contribution in [0.1, 0.15) is 207 Å². The van der Waals surface area contributed by atoms with E-state index in [0.29, 0.717) is 0 Å². The van der Waals surface area contributed by atoms with Crippen LogP contribution in [0, 0.1) is 11.8 Å². The van der Waals surface area contributed by atoms with Gasteiger partial charge < -0.3 is 9.66 Å². The predicted octanol–water partition coefficient (Wildman–Crippen LogP) is 10.8. The number of carbonyl (C=O) groups is 2. The molecule has 2 unspecified atom stereocenters. The van der Waals surface area contributed by atoms with Crippen molar-refractivity contribution in [2.45, 2.75) is 207 Å². The molecule has 294 valence electrons. The van der Waals surface area contributed by atoms with E-state index < -0.39 is 10.4 Å². The fraction of sp³-hybridized carbons (Fsp3) is 0.950. The molecule has 0 heterocycles. The van der Waals surface area contributed by atoms with E-state index in [9.17, 15) is 27.7 Å². The van der Waals surface area contributed by atoms with Crippen molar-refractivity contribution in [3.63, 3.8) is 0 Å². The molecule has 49 heavy (non-hydrogen) atoms. The van der Waals surface area contributed by atoms with Gasteiger partial charge in [-0.3, -0.25) is 4.18 Å². The number of aliphatic hydroxyl groups excluding tert-OH is 1. The predicted molar refractivity (Wildman–Crippen MR) is 204 cm³/mol. The van der Waals surface area contributed by atoms with E-state index in [1.807, 2.05) is 0 Å². The molecule has 0 saturated carbocycles. The number of aliphatic hydroxyl groups is 1. The molecule has 1 N–H and O–H groups in total. The van der Waals surface area contributed by atoms with Gasteiger partial charge in [0.1, 0.15) is 6.54 Å². The Kier molecular flexibility index (Phi) is 35.1. The van der Waals surface area contributed by atoms with Gasteiger partial charge in [0.15, 0.2) is 0 Å². The Bertz CT molecular complexity index is 817. The number of carbonyl (C=O) groups excluding carboxylic acids is 2. The van der Waals surface area contributed by atoms with Crippen LogP contribution in [-0.2, 0) is 24.2 Å². The SMILES string of the molecule is CCCCCCCCCCCCCCC(CC)C(=O)[N+](C)(CCO)C(=O)C(CC)CCCCCCCCCCCCCC.COS(=O)(=O)[O-]. The first-order chi connectivity index (χ1) is 23.5. The minimum absolute atomic E-state index is 0.0396. The summed E-state index contributed by atoms with van der Waals surface area (Å²) in [5, 5.41) is 9.87. The maximum atomic E-state index is 13.8. The summed E-state index contributed by atoms with van der Waals surface area (Å²) in [6.07, 6.45) is 34.8. The Hall–Kier alpha value is -0.870. The molecular formula is C40H81NO7S. The maximum absolute atomic E-state index is 13.8. The monoisotopic (exact) mass is 720 g/mol. The number of hydrogen-bond acceptors (Lipinski definition) is 7. The lowest BCUT2D eigenvalue weighted by Gasteiger charge is -2.34. The number of unbranched alkanes of at least 4 members (excludes halogenated alkanes) is 22. The van der Waals surface area contributed by atoms with E-state index in [1.165, 1.54) is 141 Å². The summed E-state index contributed by atoms with van der Waals surface area (Å²) in [5.41, 5.74) is 0. The van der Waals surface area contributed by atoms with Crippen LogP contribution in [0.3, 0.4) is 0 Å². The molecule has 0 aromatic rings. The van der Waals surface area contributed by atoms with Crippen molar-refractivity contribution < 1.29 is 36.3 Å². The lowest BCUT2D eigenvalue weighted by Crippen LogP contribution is -2.59. The van der Waals surface area contributed by atoms with Crippen molar-refractivity contribution >= 4 is 22.2 Å². The molecule has 0 fully saturated rings. The summed E-state index contributed by atoms with van der Waals surface area (Å²) in [6.45, 7) is 8.80. The van der Waals surface area contributed by atoms with Crippen LogP contribution < -0.4 is 0 Å². The summed E-state index contributed by atoms with van der Waals surface area (Å²) < 4.78 is 30.8. The molecule has 0 aliphatic rings. The van der Waals surface area contributed by atoms with Crippen molar-refractivity contribution in [2.75, 3.05) is 27.3 Å². The molecule has 0 aliphatic carbocycles. The first-order valence-corrected chi connectivity index (χ1v) is 21.9. The van der Waals surface area contributed by atoms with Gasteiger partial charge in [0.25, 0.3) is 0 Å². The van der Waals surface area contributed by atoms with Crippen LogP contribution >= 0.6 is 0 Å². The smallest absolute Gasteiger partial charge is 0.324 e. The second-order valence-corrected chi connectivity index (χ2v) is 15.6. The van der Waals surface area contributed by atoms with Gasteiger partial charge in [-0.1, -0.05) is 182 Å². The van der Waals surface area contributed by atoms with E-state index in [2.05, 4.69) is 31.9 Å². The summed E-state index contributed by atoms with van der Waals surface area (Å²) in [4.78, 5) is 27.6. The van der Waals surface area contributed by atoms with Gasteiger partial charge in [0.05, 0.1) is 32.6 Å². The van der Waals surface area contributed by atoms with Crippen LogP contribution in [0.15, 0.2) is 0 Å². The summed E-state index contributed by atoms with van der Waals surface area (Å²) >= 11 is 0. The zero-order valence-corrected chi connectivity index (χ0v) is 33.9. The lowest BCUT2D eigenvalue weighted by molar-refractivity contribution is -0.762. The molecule has 0 radical (unpaired) electrons. The van der Waals surface area contributed by atoms with Crippen molar-refractivity contribution in [1.29, 1.82) is 0 Å². The second-order valence-electron chi connectivity index (χ2n) is 14.5. The zero-order chi connectivity index (χ0) is 37.2. The molecule has 0 aliphatic heterocycles. The highest BCUT2D eigenvalue weighted by molar-refractivity contribution is 7.80. The van der Waals surface area contributed by atoms with Gasteiger partial charge in [-0.15, -0.1) is 0 Å². The number of hydrogen-bond donors (Lipinski definition) is 1. The number of rotatable bonds is 33. The van der Waals surface area contributed by atoms with E-state index >= 15 is 0 Å². The first kappa shape index (κ1) is 50.2. The number of amides is 2. The minimum atomic E-state index is -4.41. The highest BCUT2D eigenvalue weighted by atomic mass is 32.3. The fourth-order valence-electron chi connectivity index (χ4n) is 6.80. The number of imide groups is 1. The van der Waals surface area contributed by atoms with Gasteiger partial charge >= 0.3 is 11.8 Å². The molecule has 0 aromatic carbocycles. The highest BCUT2D eigenvalue weighted by Gasteiger charge is 2.45. The molecule has 0 rings (SSSR count). The summed E-state index contributed by atoms with van der Waals surface area (Å²) in [6, 6.07) is 0. The Morgan fingerprint density at radius 2 is 0.816 bits per heavy atom. The van der Waals surface area contributed by atoms with Crippen molar-refractivity contribution in [2.24, 2.45) is 11.8 Å². The average molecular weight is 720 g/mol. The Morgan fingerprint density at radius 3 is 1.02 bits per heavy atom. The lowest BCUT2D eigenvalue weighted by atomic mass is 9.92. The van der Waals surface area contributed by atoms with Gasteiger partial charge in [-0.25, -0.2) is 18.0 Å². The van der Waals surface area contributed by atoms with E-state index in [-0.39, 0.29) is 41.3 Å². The molecule has 0 saturated heterocycles. The number of likely N-dealkylation sites (N-methyl/N-ethyl adjacent to an activating group) is 1. The van der Waals surface area contributed by atoms with Crippen molar-refractivity contribution in [3.05, 3.63) is 0 Å².